The number of hydrogen-bond acceptors (Lipinski definition) is 6. The lowest BCUT2D eigenvalue weighted by Crippen LogP contribution is -2.35. The van der Waals surface area contributed by atoms with Crippen LogP contribution in [0.1, 0.15) is 11.1 Å². The van der Waals surface area contributed by atoms with Gasteiger partial charge in [-0.15, -0.1) is 0 Å². The highest BCUT2D eigenvalue weighted by Crippen LogP contribution is 2.20. The van der Waals surface area contributed by atoms with Gasteiger partial charge >= 0.3 is 11.8 Å². The van der Waals surface area contributed by atoms with Crippen molar-refractivity contribution in [3.63, 3.8) is 0 Å². The van der Waals surface area contributed by atoms with E-state index in [9.17, 15) is 19.8 Å². The van der Waals surface area contributed by atoms with Crippen molar-refractivity contribution in [2.75, 3.05) is 0 Å². The van der Waals surface area contributed by atoms with E-state index in [1.54, 1.807) is 0 Å². The second-order valence-corrected chi connectivity index (χ2v) is 5.68. The Morgan fingerprint density at radius 2 is 1.19 bits per heavy atom. The molecule has 2 aromatic rings. The number of amides is 2. The van der Waals surface area contributed by atoms with Gasteiger partial charge in [-0.05, 0) is 36.4 Å². The number of nitrogens with zero attached hydrogens (tertiary/aromatic N) is 2. The molecule has 0 aliphatic rings. The van der Waals surface area contributed by atoms with Gasteiger partial charge in [-0.3, -0.25) is 9.59 Å². The van der Waals surface area contributed by atoms with E-state index in [1.807, 2.05) is 10.9 Å². The van der Waals surface area contributed by atoms with Crippen LogP contribution in [0.5, 0.6) is 11.5 Å². The molecule has 134 valence electrons. The molecule has 0 spiro atoms. The van der Waals surface area contributed by atoms with Crippen LogP contribution in [0.3, 0.4) is 0 Å². The van der Waals surface area contributed by atoms with E-state index in [0.717, 1.165) is 12.4 Å². The number of nitrogens with one attached hydrogen (secondary N) is 2. The number of rotatable bonds is 4. The number of benzene rings is 2. The fraction of sp³-hybridized carbons (Fsp3) is 0. The van der Waals surface area contributed by atoms with E-state index in [-0.39, 0.29) is 22.6 Å². The van der Waals surface area contributed by atoms with Crippen molar-refractivity contribution in [3.8, 4) is 11.5 Å². The van der Waals surface area contributed by atoms with E-state index in [2.05, 4.69) is 10.2 Å². The molecular weight excluding hydrogens is 383 g/mol. The highest BCUT2D eigenvalue weighted by molar-refractivity contribution is 6.35. The van der Waals surface area contributed by atoms with Crippen LogP contribution in [0.4, 0.5) is 0 Å². The summed E-state index contributed by atoms with van der Waals surface area (Å²) in [6, 6.07) is 8.53. The summed E-state index contributed by atoms with van der Waals surface area (Å²) in [7, 11) is 0. The fourth-order valence-corrected chi connectivity index (χ4v) is 2.04. The van der Waals surface area contributed by atoms with Crippen LogP contribution in [0.15, 0.2) is 46.6 Å². The van der Waals surface area contributed by atoms with Gasteiger partial charge in [0.25, 0.3) is 0 Å². The summed E-state index contributed by atoms with van der Waals surface area (Å²) < 4.78 is 0. The third kappa shape index (κ3) is 5.47. The number of hydrogen-bond donors (Lipinski definition) is 4. The lowest BCUT2D eigenvalue weighted by molar-refractivity contribution is -0.139. The zero-order valence-electron chi connectivity index (χ0n) is 13.0. The average molecular weight is 395 g/mol. The minimum Gasteiger partial charge on any atom is -0.507 e. The number of aromatic hydroxyl groups is 2. The van der Waals surface area contributed by atoms with Gasteiger partial charge in [0.1, 0.15) is 11.5 Å². The molecule has 2 aromatic carbocycles. The quantitative estimate of drug-likeness (QED) is 0.359. The summed E-state index contributed by atoms with van der Waals surface area (Å²) in [5.74, 6) is -2.36. The molecule has 0 fully saturated rings. The Kier molecular flexibility index (Phi) is 6.54. The predicted molar refractivity (Wildman–Crippen MR) is 97.7 cm³/mol. The fourth-order valence-electron chi connectivity index (χ4n) is 1.68. The molecule has 10 heteroatoms. The molecule has 0 saturated carbocycles. The molecule has 0 aromatic heterocycles. The van der Waals surface area contributed by atoms with Crippen LogP contribution < -0.4 is 10.9 Å². The van der Waals surface area contributed by atoms with Gasteiger partial charge in [-0.1, -0.05) is 23.2 Å². The monoisotopic (exact) mass is 394 g/mol. The number of phenols is 2. The smallest absolute Gasteiger partial charge is 0.331 e. The summed E-state index contributed by atoms with van der Waals surface area (Å²) in [4.78, 5) is 23.2. The molecule has 0 heterocycles. The summed E-state index contributed by atoms with van der Waals surface area (Å²) in [6.45, 7) is 0. The first-order chi connectivity index (χ1) is 12.4. The third-order valence-electron chi connectivity index (χ3n) is 2.92. The summed E-state index contributed by atoms with van der Waals surface area (Å²) >= 11 is 11.5. The lowest BCUT2D eigenvalue weighted by atomic mass is 10.2. The van der Waals surface area contributed by atoms with Crippen molar-refractivity contribution in [2.24, 2.45) is 10.2 Å². The van der Waals surface area contributed by atoms with Gasteiger partial charge in [0.2, 0.25) is 0 Å². The molecular formula is C16H12Cl2N4O4. The molecule has 2 rings (SSSR count). The second kappa shape index (κ2) is 8.84. The van der Waals surface area contributed by atoms with Crippen molar-refractivity contribution in [3.05, 3.63) is 57.6 Å². The molecule has 0 unspecified atom stereocenters. The number of carbonyl (C=O) groups is 2. The SMILES string of the molecule is O=C(N/N=C/c1cc(Cl)ccc1O)C(=O)N/N=C/c1cc(Cl)ccc1O. The molecule has 0 atom stereocenters. The van der Waals surface area contributed by atoms with Gasteiger partial charge in [-0.2, -0.15) is 10.2 Å². The average Bonchev–Trinajstić information content (AvgIpc) is 2.60. The van der Waals surface area contributed by atoms with Crippen LogP contribution in [-0.2, 0) is 9.59 Å². The van der Waals surface area contributed by atoms with Gasteiger partial charge in [0.15, 0.2) is 0 Å². The minimum atomic E-state index is -1.09. The zero-order chi connectivity index (χ0) is 19.1. The maximum absolute atomic E-state index is 11.6. The maximum Gasteiger partial charge on any atom is 0.331 e. The molecule has 26 heavy (non-hydrogen) atoms. The van der Waals surface area contributed by atoms with E-state index in [1.165, 1.54) is 36.4 Å². The predicted octanol–water partition coefficient (Wildman–Crippen LogP) is 2.00. The van der Waals surface area contributed by atoms with E-state index >= 15 is 0 Å². The first-order valence-electron chi connectivity index (χ1n) is 7.00. The Balaban J connectivity index is 1.90. The molecule has 0 saturated heterocycles. The van der Waals surface area contributed by atoms with Gasteiger partial charge in [0.05, 0.1) is 12.4 Å². The van der Waals surface area contributed by atoms with Crippen molar-refractivity contribution in [1.29, 1.82) is 0 Å². The lowest BCUT2D eigenvalue weighted by Gasteiger charge is -2.01. The van der Waals surface area contributed by atoms with Crippen molar-refractivity contribution < 1.29 is 19.8 Å². The van der Waals surface area contributed by atoms with Crippen LogP contribution in [0, 0.1) is 0 Å². The first kappa shape index (κ1) is 19.2. The molecule has 0 radical (unpaired) electrons. The van der Waals surface area contributed by atoms with Crippen LogP contribution in [0.25, 0.3) is 0 Å². The van der Waals surface area contributed by atoms with E-state index in [4.69, 9.17) is 23.2 Å². The molecule has 2 amide bonds. The molecule has 4 N–H and O–H groups in total. The van der Waals surface area contributed by atoms with Crippen LogP contribution >= 0.6 is 23.2 Å². The van der Waals surface area contributed by atoms with Crippen molar-refractivity contribution in [2.45, 2.75) is 0 Å². The highest BCUT2D eigenvalue weighted by atomic mass is 35.5. The van der Waals surface area contributed by atoms with Crippen LogP contribution in [0.2, 0.25) is 10.0 Å². The van der Waals surface area contributed by atoms with Crippen LogP contribution in [-0.4, -0.2) is 34.5 Å². The number of carbonyl (C=O) groups excluding carboxylic acids is 2. The van der Waals surface area contributed by atoms with E-state index in [0.29, 0.717) is 10.0 Å². The summed E-state index contributed by atoms with van der Waals surface area (Å²) in [5.41, 5.74) is 4.45. The van der Waals surface area contributed by atoms with Crippen molar-refractivity contribution >= 4 is 47.4 Å². The maximum atomic E-state index is 11.6. The normalized spacial score (nSPS) is 11.0. The minimum absolute atomic E-state index is 0.0946. The van der Waals surface area contributed by atoms with Gasteiger partial charge < -0.3 is 10.2 Å². The third-order valence-corrected chi connectivity index (χ3v) is 3.40. The first-order valence-corrected chi connectivity index (χ1v) is 7.76. The van der Waals surface area contributed by atoms with Crippen molar-refractivity contribution in [1.82, 2.24) is 10.9 Å². The topological polar surface area (TPSA) is 123 Å². The van der Waals surface area contributed by atoms with Gasteiger partial charge in [-0.25, -0.2) is 10.9 Å². The van der Waals surface area contributed by atoms with Gasteiger partial charge in [0, 0.05) is 21.2 Å². The zero-order valence-corrected chi connectivity index (χ0v) is 14.5. The molecule has 8 nitrogen and oxygen atoms in total. The Morgan fingerprint density at radius 1 is 0.808 bits per heavy atom. The standard InChI is InChI=1S/C16H12Cl2N4O4/c17-11-1-3-13(23)9(5-11)7-19-21-15(25)16(26)22-20-8-10-6-12(18)2-4-14(10)24/h1-8,23-24H,(H,21,25)(H,22,26)/b19-7+,20-8+. The second-order valence-electron chi connectivity index (χ2n) is 4.80. The Bertz CT molecular complexity index is 826. The molecule has 0 aliphatic heterocycles. The molecule has 0 bridgehead atoms. The highest BCUT2D eigenvalue weighted by Gasteiger charge is 2.11. The number of halogens is 2. The summed E-state index contributed by atoms with van der Waals surface area (Å²) in [5, 5.41) is 27.0. The largest absolute Gasteiger partial charge is 0.507 e. The molecule has 0 aliphatic carbocycles. The Hall–Kier alpha value is -3.10. The Labute approximate surface area is 157 Å². The number of phenolic OH excluding ortho intramolecular Hbond substituents is 2. The summed E-state index contributed by atoms with van der Waals surface area (Å²) in [6.07, 6.45) is 2.25. The number of hydrazone groups is 2. The van der Waals surface area contributed by atoms with E-state index < -0.39 is 11.8 Å². The Morgan fingerprint density at radius 3 is 1.58 bits per heavy atom.